The van der Waals surface area contributed by atoms with Crippen molar-refractivity contribution < 1.29 is 91.4 Å². The predicted molar refractivity (Wildman–Crippen MR) is 559 cm³/mol. The number of halogens is 16. The van der Waals surface area contributed by atoms with Crippen molar-refractivity contribution in [3.05, 3.63) is 330 Å². The number of aromatic carboxylic acids is 1. The van der Waals surface area contributed by atoms with Gasteiger partial charge in [0.15, 0.2) is 17.3 Å². The molecule has 139 heavy (non-hydrogen) atoms. The van der Waals surface area contributed by atoms with Gasteiger partial charge in [0.2, 0.25) is 0 Å². The largest absolute Gasteiger partial charge is 0.508 e. The molecule has 4 amide bonds. The van der Waals surface area contributed by atoms with E-state index in [4.69, 9.17) is 202 Å². The number of alkyl carbamates (subject to hydrolysis) is 2. The van der Waals surface area contributed by atoms with E-state index in [1.807, 2.05) is 45.0 Å². The first-order chi connectivity index (χ1) is 64.9. The van der Waals surface area contributed by atoms with Crippen LogP contribution in [0.15, 0.2) is 182 Å². The van der Waals surface area contributed by atoms with Crippen molar-refractivity contribution in [2.75, 3.05) is 46.4 Å². The van der Waals surface area contributed by atoms with E-state index >= 15 is 0 Å². The molecule has 10 aromatic carbocycles. The van der Waals surface area contributed by atoms with Crippen LogP contribution < -0.4 is 31.7 Å². The Kier molecular flexibility index (Phi) is 53.1. The van der Waals surface area contributed by atoms with Crippen molar-refractivity contribution in [1.29, 1.82) is 0 Å². The fraction of sp³-hybridized carbons (Fsp3) is 0.283. The molecule has 0 unspecified atom stereocenters. The number of benzene rings is 10. The van der Waals surface area contributed by atoms with Crippen molar-refractivity contribution >= 4 is 256 Å². The summed E-state index contributed by atoms with van der Waals surface area (Å²) < 4.78 is 30.2. The highest BCUT2D eigenvalue weighted by molar-refractivity contribution is 9.09. The minimum atomic E-state index is -1.11. The van der Waals surface area contributed by atoms with Crippen molar-refractivity contribution in [2.24, 2.45) is 5.73 Å². The van der Waals surface area contributed by atoms with Crippen molar-refractivity contribution in [1.82, 2.24) is 21.3 Å². The normalized spacial score (nSPS) is 11.3. The molecular formula is C99H99BrCl15N5O19. The van der Waals surface area contributed by atoms with Crippen LogP contribution in [0.2, 0.25) is 70.3 Å². The predicted octanol–water partition coefficient (Wildman–Crippen LogP) is 26.0. The first-order valence-electron chi connectivity index (χ1n) is 41.5. The van der Waals surface area contributed by atoms with Crippen molar-refractivity contribution in [3.8, 4) is 11.5 Å². The first kappa shape index (κ1) is 122. The number of esters is 3. The molecule has 0 aliphatic carbocycles. The van der Waals surface area contributed by atoms with Crippen LogP contribution in [-0.2, 0) is 76.6 Å². The number of methoxy groups -OCH3 is 3. The van der Waals surface area contributed by atoms with Crippen LogP contribution in [0.1, 0.15) is 161 Å². The number of hydrogen-bond donors (Lipinski definition) is 7. The number of carboxylic acids is 1. The Morgan fingerprint density at radius 1 is 0.381 bits per heavy atom. The zero-order chi connectivity index (χ0) is 103. The Morgan fingerprint density at radius 3 is 0.957 bits per heavy atom. The van der Waals surface area contributed by atoms with E-state index in [1.54, 1.807) is 168 Å². The molecule has 0 bridgehead atoms. The lowest BCUT2D eigenvalue weighted by Crippen LogP contribution is -2.43. The molecule has 0 saturated carbocycles. The van der Waals surface area contributed by atoms with Gasteiger partial charge in [0.05, 0.1) is 122 Å². The maximum atomic E-state index is 13.2. The SMILES string of the molecule is CC(C)(C)OC(=O)NCCCBr.COC(=O)[C@@H](N)Cc1ccc(CC(=O)c2c(Cl)cccc2Cl)cc1.COC(=O)[C@H](Cc1ccc(CC(=O)c2c(Cl)cccc2Cl)cc1)NC(=O)c1c(Cl)cc(C)cc1Cl.COC(=O)[C@H](Cc1ccc(CC(=O)c2c(Cl)cccc2Cl)cc1)NC(=O)c1c(Cl)cc(OCCCNC(=O)OC(C)(C)C)cc1Cl.Cc1cc(Cl)c(C(=O)O)c(Cl)c1.Cl.Oc1cc(Cl)cc(Cl)c1. The van der Waals surface area contributed by atoms with E-state index in [2.05, 4.69) is 41.9 Å². The van der Waals surface area contributed by atoms with Crippen LogP contribution in [0.4, 0.5) is 9.59 Å². The van der Waals surface area contributed by atoms with Gasteiger partial charge in [-0.2, -0.15) is 0 Å². The second kappa shape index (κ2) is 60.4. The number of phenols is 1. The van der Waals surface area contributed by atoms with Crippen LogP contribution in [0, 0.1) is 13.8 Å². The number of carbonyl (C=O) groups excluding carboxylic acids is 10. The van der Waals surface area contributed by atoms with Crippen LogP contribution in [0.25, 0.3) is 0 Å². The molecule has 10 rings (SSSR count). The number of alkyl halides is 1. The number of carbonyl (C=O) groups is 11. The number of nitrogens with one attached hydrogen (secondary N) is 4. The number of aryl methyl sites for hydroxylation is 2. The number of carboxylic acid groups (broad SMARTS) is 1. The number of Topliss-reactive ketones (excluding diaryl/α,β-unsaturated/α-hetero) is 3. The zero-order valence-corrected chi connectivity index (χ0v) is 89.5. The molecule has 0 aromatic heterocycles. The number of nitrogens with two attached hydrogens (primary N) is 1. The Labute approximate surface area is 890 Å². The third-order valence-electron chi connectivity index (χ3n) is 18.4. The molecule has 0 fully saturated rings. The summed E-state index contributed by atoms with van der Waals surface area (Å²) in [6.07, 6.45) is 1.51. The van der Waals surface area contributed by atoms with Gasteiger partial charge in [-0.25, -0.2) is 24.0 Å². The molecule has 0 saturated heterocycles. The smallest absolute Gasteiger partial charge is 0.407 e. The first-order valence-corrected chi connectivity index (χ1v) is 47.9. The molecule has 0 aliphatic heterocycles. The average molecular weight is 2270 g/mol. The van der Waals surface area contributed by atoms with Gasteiger partial charge in [-0.05, 0) is 210 Å². The van der Waals surface area contributed by atoms with Crippen molar-refractivity contribution in [2.45, 2.75) is 136 Å². The maximum Gasteiger partial charge on any atom is 0.407 e. The highest BCUT2D eigenvalue weighted by Gasteiger charge is 2.30. The number of ether oxygens (including phenoxy) is 6. The van der Waals surface area contributed by atoms with Gasteiger partial charge in [0, 0.05) is 60.6 Å². The Bertz CT molecular complexity index is 5750. The van der Waals surface area contributed by atoms with E-state index in [0.717, 1.165) is 45.1 Å². The van der Waals surface area contributed by atoms with E-state index in [-0.39, 0.29) is 148 Å². The number of aromatic hydroxyl groups is 1. The maximum absolute atomic E-state index is 13.2. The third kappa shape index (κ3) is 43.0. The number of ketones is 3. The van der Waals surface area contributed by atoms with Crippen LogP contribution in [0.5, 0.6) is 11.5 Å². The van der Waals surface area contributed by atoms with E-state index in [0.29, 0.717) is 78.5 Å². The molecule has 0 radical (unpaired) electrons. The summed E-state index contributed by atoms with van der Waals surface area (Å²) in [5.74, 6) is -4.30. The number of amides is 4. The lowest BCUT2D eigenvalue weighted by molar-refractivity contribution is -0.143. The fourth-order valence-corrected chi connectivity index (χ4v) is 16.9. The molecule has 746 valence electrons. The summed E-state index contributed by atoms with van der Waals surface area (Å²) in [4.78, 5) is 134. The fourth-order valence-electron chi connectivity index (χ4n) is 12.1. The summed E-state index contributed by atoms with van der Waals surface area (Å²) in [6.45, 7) is 15.7. The summed E-state index contributed by atoms with van der Waals surface area (Å²) in [6, 6.07) is 47.0. The van der Waals surface area contributed by atoms with E-state index < -0.39 is 71.1 Å². The summed E-state index contributed by atoms with van der Waals surface area (Å²) in [5.41, 5.74) is 11.9. The Hall–Kier alpha value is -9.04. The lowest BCUT2D eigenvalue weighted by atomic mass is 9.99. The Balaban J connectivity index is 0.000000380. The van der Waals surface area contributed by atoms with Crippen molar-refractivity contribution in [3.63, 3.8) is 0 Å². The standard InChI is InChI=1S/C33H34Cl4N2O7.C26H21Cl4NO4.C18H17Cl2NO3.C8H16BrNO2.C8H6Cl2O2.C6H4Cl2O.ClH/c1-33(2,3)46-32(43)38-13-6-14-45-21-17-24(36)29(25(37)18-21)30(41)39-26(31(42)44-4)15-19-9-11-20(12-10-19)16-27(40)28-22(34)7-5-8-23(28)35;1-14-10-19(29)24(20(30)11-14)25(33)31-21(26(34)35-2)12-15-6-8-16(9-7-15)13-22(32)23-17(27)4-3-5-18(23)28;1-24-18(23)15(21)9-11-5-7-12(8-6-11)10-16(22)17-13(19)3-2-4-14(17)20;1-8(2,3)12-7(11)10-6-4-5-9;1-4-2-5(9)7(8(11)12)6(10)3-4;7-4-1-5(8)3-6(9)2-4;/h5,7-12,17-18,26H,6,13-16H2,1-4H3,(H,38,43)(H,39,41);3-11,21H,12-13H2,1-2H3,(H,31,33);2-8,15H,9-10,21H2,1H3;4-6H2,1-3H3,(H,10,11);2-3H,1H3,(H,11,12);1-3,9H;1H/t26-;21-;15-;;;;/m000..../s1. The monoisotopic (exact) mass is 2270 g/mol. The number of hydrogen-bond acceptors (Lipinski definition) is 19. The molecular weight excluding hydrogens is 2170 g/mol. The average Bonchev–Trinajstić information content (AvgIpc) is 0.825. The van der Waals surface area contributed by atoms with Crippen LogP contribution in [-0.4, -0.2) is 151 Å². The second-order valence-corrected chi connectivity index (χ2v) is 38.4. The Morgan fingerprint density at radius 2 is 0.669 bits per heavy atom. The molecule has 0 heterocycles. The summed E-state index contributed by atoms with van der Waals surface area (Å²) in [7, 11) is 3.75. The van der Waals surface area contributed by atoms with Gasteiger partial charge in [0.25, 0.3) is 11.8 Å². The second-order valence-electron chi connectivity index (χ2n) is 31.9. The van der Waals surface area contributed by atoms with E-state index in [9.17, 15) is 52.7 Å². The molecule has 8 N–H and O–H groups in total. The number of phenolic OH excluding ortho intramolecular Hbond substituents is 1. The third-order valence-corrected chi connectivity index (χ3v) is 23.1. The summed E-state index contributed by atoms with van der Waals surface area (Å²) >= 11 is 87.5. The van der Waals surface area contributed by atoms with Gasteiger partial charge in [-0.3, -0.25) is 28.8 Å². The minimum Gasteiger partial charge on any atom is -0.508 e. The molecule has 0 spiro atoms. The molecule has 10 aromatic rings. The highest BCUT2D eigenvalue weighted by Crippen LogP contribution is 2.35. The highest BCUT2D eigenvalue weighted by atomic mass is 79.9. The minimum absolute atomic E-state index is 0. The van der Waals surface area contributed by atoms with Crippen LogP contribution in [0.3, 0.4) is 0 Å². The van der Waals surface area contributed by atoms with Gasteiger partial charge in [-0.15, -0.1) is 12.4 Å². The molecule has 40 heteroatoms. The van der Waals surface area contributed by atoms with Gasteiger partial charge >= 0.3 is 36.1 Å². The quantitative estimate of drug-likeness (QED) is 0.00697. The topological polar surface area (TPSA) is 358 Å². The van der Waals surface area contributed by atoms with Gasteiger partial charge < -0.3 is 65.6 Å². The number of rotatable bonds is 31. The molecule has 0 aliphatic rings. The molecule has 3 atom stereocenters. The zero-order valence-electron chi connectivity index (χ0n) is 76.5. The summed E-state index contributed by atoms with van der Waals surface area (Å²) in [5, 5.41) is 32.4. The lowest BCUT2D eigenvalue weighted by Gasteiger charge is -2.19. The van der Waals surface area contributed by atoms with Gasteiger partial charge in [-0.1, -0.05) is 269 Å². The molecule has 24 nitrogen and oxygen atoms in total. The van der Waals surface area contributed by atoms with Crippen LogP contribution >= 0.6 is 191 Å². The van der Waals surface area contributed by atoms with Gasteiger partial charge in [0.1, 0.15) is 40.8 Å². The van der Waals surface area contributed by atoms with E-state index in [1.165, 1.54) is 45.6 Å².